The number of nitrogens with one attached hydrogen (secondary N) is 1. The van der Waals surface area contributed by atoms with Crippen molar-refractivity contribution in [2.45, 2.75) is 45.6 Å². The van der Waals surface area contributed by atoms with Crippen molar-refractivity contribution in [3.05, 3.63) is 71.3 Å². The fourth-order valence-electron chi connectivity index (χ4n) is 3.12. The minimum atomic E-state index is -0.478. The summed E-state index contributed by atoms with van der Waals surface area (Å²) < 4.78 is 0. The zero-order chi connectivity index (χ0) is 19.6. The predicted octanol–water partition coefficient (Wildman–Crippen LogP) is 3.39. The zero-order valence-electron chi connectivity index (χ0n) is 16.6. The molecule has 0 bridgehead atoms. The highest BCUT2D eigenvalue weighted by Gasteiger charge is 2.24. The van der Waals surface area contributed by atoms with Crippen LogP contribution < -0.4 is 5.32 Å². The maximum Gasteiger partial charge on any atom is 0.242 e. The SMILES string of the molecule is CCc1ccc(CCC(=O)N(CCc2ccccc2)[C@@H](C)C(=O)NC)cc1. The average molecular weight is 367 g/mol. The largest absolute Gasteiger partial charge is 0.357 e. The van der Waals surface area contributed by atoms with Crippen molar-refractivity contribution in [2.24, 2.45) is 0 Å². The molecule has 0 fully saturated rings. The fraction of sp³-hybridized carbons (Fsp3) is 0.391. The second-order valence-corrected chi connectivity index (χ2v) is 6.78. The van der Waals surface area contributed by atoms with Gasteiger partial charge in [-0.15, -0.1) is 0 Å². The van der Waals surface area contributed by atoms with E-state index in [1.165, 1.54) is 5.56 Å². The zero-order valence-corrected chi connectivity index (χ0v) is 16.6. The van der Waals surface area contributed by atoms with Crippen molar-refractivity contribution >= 4 is 11.8 Å². The first kappa shape index (κ1) is 20.7. The fourth-order valence-corrected chi connectivity index (χ4v) is 3.12. The Labute approximate surface area is 162 Å². The number of carbonyl (C=O) groups is 2. The van der Waals surface area contributed by atoms with Crippen LogP contribution in [-0.4, -0.2) is 36.3 Å². The quantitative estimate of drug-likeness (QED) is 0.740. The first-order chi connectivity index (χ1) is 13.0. The van der Waals surface area contributed by atoms with Crippen molar-refractivity contribution < 1.29 is 9.59 Å². The van der Waals surface area contributed by atoms with Crippen LogP contribution in [0.4, 0.5) is 0 Å². The van der Waals surface area contributed by atoms with Gasteiger partial charge in [0.1, 0.15) is 6.04 Å². The normalized spacial score (nSPS) is 11.7. The molecular weight excluding hydrogens is 336 g/mol. The van der Waals surface area contributed by atoms with Gasteiger partial charge in [-0.1, -0.05) is 61.5 Å². The summed E-state index contributed by atoms with van der Waals surface area (Å²) in [6, 6.07) is 18.0. The lowest BCUT2D eigenvalue weighted by Gasteiger charge is -2.28. The number of carbonyl (C=O) groups excluding carboxylic acids is 2. The lowest BCUT2D eigenvalue weighted by Crippen LogP contribution is -2.48. The molecule has 0 aliphatic heterocycles. The molecule has 0 unspecified atom stereocenters. The Hall–Kier alpha value is -2.62. The molecule has 4 heteroatoms. The highest BCUT2D eigenvalue weighted by atomic mass is 16.2. The first-order valence-electron chi connectivity index (χ1n) is 9.68. The Balaban J connectivity index is 2.01. The van der Waals surface area contributed by atoms with Crippen molar-refractivity contribution in [1.29, 1.82) is 0 Å². The van der Waals surface area contributed by atoms with Gasteiger partial charge in [0.05, 0.1) is 0 Å². The molecular formula is C23H30N2O2. The van der Waals surface area contributed by atoms with Crippen LogP contribution in [0.25, 0.3) is 0 Å². The molecule has 0 spiro atoms. The van der Waals surface area contributed by atoms with E-state index in [2.05, 4.69) is 36.5 Å². The number of rotatable bonds is 9. The van der Waals surface area contributed by atoms with E-state index in [1.54, 1.807) is 18.9 Å². The molecule has 144 valence electrons. The molecule has 2 aromatic carbocycles. The maximum atomic E-state index is 12.9. The summed E-state index contributed by atoms with van der Waals surface area (Å²) in [5.74, 6) is -0.120. The van der Waals surface area contributed by atoms with E-state index in [9.17, 15) is 9.59 Å². The summed E-state index contributed by atoms with van der Waals surface area (Å²) >= 11 is 0. The molecule has 0 radical (unpaired) electrons. The molecule has 1 atom stereocenters. The molecule has 0 saturated carbocycles. The van der Waals surface area contributed by atoms with E-state index in [4.69, 9.17) is 0 Å². The monoisotopic (exact) mass is 366 g/mol. The van der Waals surface area contributed by atoms with Crippen LogP contribution in [0.3, 0.4) is 0 Å². The number of hydrogen-bond donors (Lipinski definition) is 1. The molecule has 0 aliphatic carbocycles. The van der Waals surface area contributed by atoms with Crippen molar-refractivity contribution in [3.8, 4) is 0 Å². The Morgan fingerprint density at radius 3 is 2.11 bits per heavy atom. The van der Waals surface area contributed by atoms with Gasteiger partial charge in [0, 0.05) is 20.0 Å². The van der Waals surface area contributed by atoms with Gasteiger partial charge in [-0.3, -0.25) is 9.59 Å². The van der Waals surface area contributed by atoms with E-state index in [0.29, 0.717) is 19.4 Å². The van der Waals surface area contributed by atoms with Gasteiger partial charge in [-0.2, -0.15) is 0 Å². The smallest absolute Gasteiger partial charge is 0.242 e. The lowest BCUT2D eigenvalue weighted by molar-refractivity contribution is -0.139. The van der Waals surface area contributed by atoms with E-state index in [1.807, 2.05) is 30.3 Å². The van der Waals surface area contributed by atoms with Gasteiger partial charge in [0.25, 0.3) is 0 Å². The standard InChI is InChI=1S/C23H30N2O2/c1-4-19-10-12-21(13-11-19)14-15-22(26)25(18(2)23(27)24-3)17-16-20-8-6-5-7-9-20/h5-13,18H,4,14-17H2,1-3H3,(H,24,27)/t18-/m0/s1. The molecule has 2 aromatic rings. The van der Waals surface area contributed by atoms with Gasteiger partial charge >= 0.3 is 0 Å². The van der Waals surface area contributed by atoms with Crippen LogP contribution in [0.2, 0.25) is 0 Å². The third-order valence-corrected chi connectivity index (χ3v) is 4.96. The molecule has 0 aliphatic rings. The number of benzene rings is 2. The van der Waals surface area contributed by atoms with E-state index >= 15 is 0 Å². The van der Waals surface area contributed by atoms with Crippen molar-refractivity contribution in [1.82, 2.24) is 10.2 Å². The summed E-state index contributed by atoms with van der Waals surface area (Å²) in [6.07, 6.45) is 2.84. The summed E-state index contributed by atoms with van der Waals surface area (Å²) in [5, 5.41) is 2.65. The minimum absolute atomic E-state index is 0.0154. The second kappa shape index (κ2) is 10.5. The first-order valence-corrected chi connectivity index (χ1v) is 9.68. The number of hydrogen-bond acceptors (Lipinski definition) is 2. The van der Waals surface area contributed by atoms with Crippen LogP contribution in [0.5, 0.6) is 0 Å². The van der Waals surface area contributed by atoms with Crippen LogP contribution in [-0.2, 0) is 28.9 Å². The molecule has 1 N–H and O–H groups in total. The highest BCUT2D eigenvalue weighted by molar-refractivity contribution is 5.87. The third-order valence-electron chi connectivity index (χ3n) is 4.96. The third kappa shape index (κ3) is 6.24. The maximum absolute atomic E-state index is 12.9. The second-order valence-electron chi connectivity index (χ2n) is 6.78. The van der Waals surface area contributed by atoms with Gasteiger partial charge in [-0.25, -0.2) is 0 Å². The molecule has 2 rings (SSSR count). The minimum Gasteiger partial charge on any atom is -0.357 e. The molecule has 27 heavy (non-hydrogen) atoms. The van der Waals surface area contributed by atoms with Crippen LogP contribution >= 0.6 is 0 Å². The number of aryl methyl sites for hydroxylation is 2. The molecule has 2 amide bonds. The summed E-state index contributed by atoms with van der Waals surface area (Å²) in [5.41, 5.74) is 3.61. The Kier molecular flexibility index (Phi) is 8.05. The van der Waals surface area contributed by atoms with Gasteiger partial charge < -0.3 is 10.2 Å². The van der Waals surface area contributed by atoms with E-state index in [-0.39, 0.29) is 11.8 Å². The Morgan fingerprint density at radius 2 is 1.52 bits per heavy atom. The van der Waals surface area contributed by atoms with Crippen LogP contribution in [0.1, 0.15) is 37.0 Å². The number of nitrogens with zero attached hydrogens (tertiary/aromatic N) is 1. The van der Waals surface area contributed by atoms with E-state index < -0.39 is 6.04 Å². The summed E-state index contributed by atoms with van der Waals surface area (Å²) in [7, 11) is 1.61. The van der Waals surface area contributed by atoms with Gasteiger partial charge in [-0.05, 0) is 42.9 Å². The topological polar surface area (TPSA) is 49.4 Å². The van der Waals surface area contributed by atoms with Gasteiger partial charge in [0.2, 0.25) is 11.8 Å². The van der Waals surface area contributed by atoms with Crippen LogP contribution in [0, 0.1) is 0 Å². The van der Waals surface area contributed by atoms with Crippen LogP contribution in [0.15, 0.2) is 54.6 Å². The Morgan fingerprint density at radius 1 is 0.926 bits per heavy atom. The number of likely N-dealkylation sites (N-methyl/N-ethyl adjacent to an activating group) is 1. The number of amides is 2. The highest BCUT2D eigenvalue weighted by Crippen LogP contribution is 2.11. The molecule has 0 saturated heterocycles. The van der Waals surface area contributed by atoms with E-state index in [0.717, 1.165) is 24.0 Å². The van der Waals surface area contributed by atoms with Gasteiger partial charge in [0.15, 0.2) is 0 Å². The van der Waals surface area contributed by atoms with Crippen molar-refractivity contribution in [3.63, 3.8) is 0 Å². The lowest BCUT2D eigenvalue weighted by atomic mass is 10.0. The predicted molar refractivity (Wildman–Crippen MR) is 110 cm³/mol. The molecule has 4 nitrogen and oxygen atoms in total. The molecule has 0 aromatic heterocycles. The average Bonchev–Trinajstić information content (AvgIpc) is 2.72. The molecule has 0 heterocycles. The Bertz CT molecular complexity index is 726. The van der Waals surface area contributed by atoms with Crippen molar-refractivity contribution in [2.75, 3.05) is 13.6 Å². The summed E-state index contributed by atoms with van der Waals surface area (Å²) in [6.45, 7) is 4.45. The summed E-state index contributed by atoms with van der Waals surface area (Å²) in [4.78, 5) is 26.7.